The van der Waals surface area contributed by atoms with Crippen molar-refractivity contribution in [2.45, 2.75) is 60.4 Å². The highest BCUT2D eigenvalue weighted by Crippen LogP contribution is 2.34. The van der Waals surface area contributed by atoms with E-state index >= 15 is 0 Å². The van der Waals surface area contributed by atoms with E-state index in [1.54, 1.807) is 0 Å². The van der Waals surface area contributed by atoms with E-state index in [1.165, 1.54) is 5.69 Å². The number of aromatic nitrogens is 1. The summed E-state index contributed by atoms with van der Waals surface area (Å²) < 4.78 is 2.32. The Hall–Kier alpha value is -2.03. The molecule has 0 aliphatic heterocycles. The standard InChI is InChI=1S/C21H30N2O/c1-6-10-17-19(16-11-8-7-9-12-16)18(20(22)24)15(2)23(17)14-13-21(3,4)5/h7-9,11-12H,6,10,13-14H2,1-5H3,(H2,22,24). The fourth-order valence-electron chi connectivity index (χ4n) is 3.26. The molecular formula is C21H30N2O. The molecule has 130 valence electrons. The zero-order valence-electron chi connectivity index (χ0n) is 15.6. The van der Waals surface area contributed by atoms with Crippen molar-refractivity contribution in [2.75, 3.05) is 0 Å². The van der Waals surface area contributed by atoms with Crippen LogP contribution in [0.25, 0.3) is 11.1 Å². The predicted octanol–water partition coefficient (Wildman–Crippen LogP) is 4.95. The molecular weight excluding hydrogens is 296 g/mol. The van der Waals surface area contributed by atoms with Crippen LogP contribution >= 0.6 is 0 Å². The molecule has 0 aliphatic rings. The van der Waals surface area contributed by atoms with Crippen LogP contribution in [0.4, 0.5) is 0 Å². The van der Waals surface area contributed by atoms with Gasteiger partial charge in [-0.05, 0) is 30.7 Å². The van der Waals surface area contributed by atoms with E-state index in [-0.39, 0.29) is 11.3 Å². The molecule has 2 aromatic rings. The Morgan fingerprint density at radius 1 is 1.17 bits per heavy atom. The van der Waals surface area contributed by atoms with Gasteiger partial charge in [-0.1, -0.05) is 64.4 Å². The van der Waals surface area contributed by atoms with Crippen LogP contribution in [-0.2, 0) is 13.0 Å². The molecule has 0 radical (unpaired) electrons. The topological polar surface area (TPSA) is 48.0 Å². The molecule has 0 saturated carbocycles. The molecule has 0 saturated heterocycles. The summed E-state index contributed by atoms with van der Waals surface area (Å²) in [7, 11) is 0. The third-order valence-electron chi connectivity index (χ3n) is 4.51. The van der Waals surface area contributed by atoms with Crippen molar-refractivity contribution < 1.29 is 4.79 Å². The van der Waals surface area contributed by atoms with Crippen LogP contribution in [0.15, 0.2) is 30.3 Å². The van der Waals surface area contributed by atoms with E-state index in [1.807, 2.05) is 25.1 Å². The van der Waals surface area contributed by atoms with E-state index in [0.29, 0.717) is 5.56 Å². The summed E-state index contributed by atoms with van der Waals surface area (Å²) in [4.78, 5) is 12.2. The van der Waals surface area contributed by atoms with Crippen LogP contribution in [0.2, 0.25) is 0 Å². The fourth-order valence-corrected chi connectivity index (χ4v) is 3.26. The molecule has 0 fully saturated rings. The molecule has 0 spiro atoms. The van der Waals surface area contributed by atoms with Gasteiger partial charge in [0.1, 0.15) is 0 Å². The van der Waals surface area contributed by atoms with Gasteiger partial charge in [-0.2, -0.15) is 0 Å². The largest absolute Gasteiger partial charge is 0.366 e. The van der Waals surface area contributed by atoms with Gasteiger partial charge in [-0.25, -0.2) is 0 Å². The van der Waals surface area contributed by atoms with Crippen molar-refractivity contribution in [1.82, 2.24) is 4.57 Å². The van der Waals surface area contributed by atoms with Crippen LogP contribution in [0, 0.1) is 12.3 Å². The molecule has 0 atom stereocenters. The van der Waals surface area contributed by atoms with E-state index in [0.717, 1.165) is 42.6 Å². The van der Waals surface area contributed by atoms with Gasteiger partial charge in [0.15, 0.2) is 0 Å². The Balaban J connectivity index is 2.65. The van der Waals surface area contributed by atoms with Crippen molar-refractivity contribution >= 4 is 5.91 Å². The van der Waals surface area contributed by atoms with Crippen molar-refractivity contribution in [2.24, 2.45) is 11.1 Å². The van der Waals surface area contributed by atoms with Gasteiger partial charge < -0.3 is 10.3 Å². The molecule has 1 aromatic heterocycles. The lowest BCUT2D eigenvalue weighted by Gasteiger charge is -2.21. The minimum atomic E-state index is -0.335. The molecule has 3 heteroatoms. The molecule has 1 heterocycles. The molecule has 24 heavy (non-hydrogen) atoms. The third kappa shape index (κ3) is 3.89. The number of primary amides is 1. The van der Waals surface area contributed by atoms with Crippen LogP contribution in [0.3, 0.4) is 0 Å². The SMILES string of the molecule is CCCc1c(-c2ccccc2)c(C(N)=O)c(C)n1CCC(C)(C)C. The maximum atomic E-state index is 12.2. The fraction of sp³-hybridized carbons (Fsp3) is 0.476. The average Bonchev–Trinajstić information content (AvgIpc) is 2.78. The van der Waals surface area contributed by atoms with Crippen LogP contribution in [0.5, 0.6) is 0 Å². The summed E-state index contributed by atoms with van der Waals surface area (Å²) in [6.45, 7) is 11.9. The first kappa shape index (κ1) is 18.3. The van der Waals surface area contributed by atoms with Gasteiger partial charge in [0, 0.05) is 23.5 Å². The maximum absolute atomic E-state index is 12.2. The van der Waals surface area contributed by atoms with Gasteiger partial charge in [0.05, 0.1) is 5.56 Å². The van der Waals surface area contributed by atoms with Crippen molar-refractivity contribution in [3.8, 4) is 11.1 Å². The Kier molecular flexibility index (Phi) is 5.53. The van der Waals surface area contributed by atoms with E-state index < -0.39 is 0 Å². The first-order valence-electron chi connectivity index (χ1n) is 8.83. The molecule has 1 amide bonds. The highest BCUT2D eigenvalue weighted by Gasteiger charge is 2.24. The number of nitrogens with two attached hydrogens (primary N) is 1. The highest BCUT2D eigenvalue weighted by atomic mass is 16.1. The summed E-state index contributed by atoms with van der Waals surface area (Å²) in [5.41, 5.74) is 11.0. The number of hydrogen-bond donors (Lipinski definition) is 1. The Labute approximate surface area is 145 Å². The zero-order valence-corrected chi connectivity index (χ0v) is 15.6. The Morgan fingerprint density at radius 3 is 2.29 bits per heavy atom. The molecule has 0 unspecified atom stereocenters. The molecule has 2 rings (SSSR count). The van der Waals surface area contributed by atoms with Gasteiger partial charge >= 0.3 is 0 Å². The number of rotatable bonds is 6. The molecule has 3 nitrogen and oxygen atoms in total. The lowest BCUT2D eigenvalue weighted by Crippen LogP contribution is -2.15. The van der Waals surface area contributed by atoms with E-state index in [9.17, 15) is 4.79 Å². The first-order chi connectivity index (χ1) is 11.3. The first-order valence-corrected chi connectivity index (χ1v) is 8.83. The molecule has 2 N–H and O–H groups in total. The number of carbonyl (C=O) groups excluding carboxylic acids is 1. The quantitative estimate of drug-likeness (QED) is 0.802. The van der Waals surface area contributed by atoms with Gasteiger partial charge in [-0.15, -0.1) is 0 Å². The van der Waals surface area contributed by atoms with Crippen molar-refractivity contribution in [3.05, 3.63) is 47.3 Å². The number of benzene rings is 1. The smallest absolute Gasteiger partial charge is 0.251 e. The summed E-state index contributed by atoms with van der Waals surface area (Å²) in [6, 6.07) is 10.1. The van der Waals surface area contributed by atoms with E-state index in [2.05, 4.69) is 44.4 Å². The lowest BCUT2D eigenvalue weighted by molar-refractivity contribution is 0.1000. The second kappa shape index (κ2) is 7.25. The lowest BCUT2D eigenvalue weighted by atomic mass is 9.92. The monoisotopic (exact) mass is 326 g/mol. The third-order valence-corrected chi connectivity index (χ3v) is 4.51. The number of amides is 1. The molecule has 1 aromatic carbocycles. The Morgan fingerprint density at radius 2 is 1.79 bits per heavy atom. The van der Waals surface area contributed by atoms with Gasteiger partial charge in [0.2, 0.25) is 0 Å². The average molecular weight is 326 g/mol. The minimum absolute atomic E-state index is 0.250. The second-order valence-electron chi connectivity index (χ2n) is 7.72. The van der Waals surface area contributed by atoms with Gasteiger partial charge in [0.25, 0.3) is 5.91 Å². The van der Waals surface area contributed by atoms with Gasteiger partial charge in [-0.3, -0.25) is 4.79 Å². The number of carbonyl (C=O) groups is 1. The normalized spacial score (nSPS) is 11.7. The number of hydrogen-bond acceptors (Lipinski definition) is 1. The number of nitrogens with zero attached hydrogens (tertiary/aromatic N) is 1. The Bertz CT molecular complexity index is 706. The van der Waals surface area contributed by atoms with Crippen LogP contribution in [0.1, 0.15) is 62.3 Å². The van der Waals surface area contributed by atoms with Crippen molar-refractivity contribution in [1.29, 1.82) is 0 Å². The predicted molar refractivity (Wildman–Crippen MR) is 101 cm³/mol. The van der Waals surface area contributed by atoms with Crippen LogP contribution in [-0.4, -0.2) is 10.5 Å². The minimum Gasteiger partial charge on any atom is -0.366 e. The maximum Gasteiger partial charge on any atom is 0.251 e. The molecule has 0 bridgehead atoms. The van der Waals surface area contributed by atoms with E-state index in [4.69, 9.17) is 5.73 Å². The molecule has 0 aliphatic carbocycles. The summed E-state index contributed by atoms with van der Waals surface area (Å²) in [6.07, 6.45) is 3.05. The summed E-state index contributed by atoms with van der Waals surface area (Å²) in [5.74, 6) is -0.335. The zero-order chi connectivity index (χ0) is 17.9. The highest BCUT2D eigenvalue weighted by molar-refractivity contribution is 6.02. The summed E-state index contributed by atoms with van der Waals surface area (Å²) >= 11 is 0. The summed E-state index contributed by atoms with van der Waals surface area (Å²) in [5, 5.41) is 0. The van der Waals surface area contributed by atoms with Crippen molar-refractivity contribution in [3.63, 3.8) is 0 Å². The second-order valence-corrected chi connectivity index (χ2v) is 7.72. The van der Waals surface area contributed by atoms with Crippen LogP contribution < -0.4 is 5.73 Å².